The van der Waals surface area contributed by atoms with E-state index in [9.17, 15) is 0 Å². The van der Waals surface area contributed by atoms with Gasteiger partial charge in [0, 0.05) is 22.9 Å². The van der Waals surface area contributed by atoms with Gasteiger partial charge >= 0.3 is 0 Å². The molecule has 2 rings (SSSR count). The van der Waals surface area contributed by atoms with E-state index in [1.54, 1.807) is 6.20 Å². The lowest BCUT2D eigenvalue weighted by atomic mass is 10.1. The molecule has 0 saturated heterocycles. The molecule has 5 heteroatoms. The summed E-state index contributed by atoms with van der Waals surface area (Å²) in [5.41, 5.74) is 2.16. The van der Waals surface area contributed by atoms with Crippen LogP contribution in [-0.4, -0.2) is 16.5 Å². The summed E-state index contributed by atoms with van der Waals surface area (Å²) in [4.78, 5) is 8.75. The van der Waals surface area contributed by atoms with Crippen molar-refractivity contribution in [3.05, 3.63) is 40.5 Å². The Hall–Kier alpha value is -1.62. The Morgan fingerprint density at radius 2 is 2.05 bits per heavy atom. The number of hydrogen-bond donors (Lipinski definition) is 2. The Morgan fingerprint density at radius 3 is 2.76 bits per heavy atom. The Balaban J connectivity index is 2.03. The lowest BCUT2D eigenvalue weighted by molar-refractivity contribution is 0.606. The van der Waals surface area contributed by atoms with Crippen molar-refractivity contribution in [2.75, 3.05) is 17.2 Å². The van der Waals surface area contributed by atoms with Gasteiger partial charge in [0.1, 0.15) is 5.82 Å². The molecule has 0 aliphatic carbocycles. The molecule has 1 heterocycles. The van der Waals surface area contributed by atoms with Crippen LogP contribution in [0.5, 0.6) is 0 Å². The van der Waals surface area contributed by atoms with E-state index in [1.807, 2.05) is 18.2 Å². The Morgan fingerprint density at radius 1 is 1.24 bits per heavy atom. The van der Waals surface area contributed by atoms with Crippen LogP contribution in [0.25, 0.3) is 0 Å². The first kappa shape index (κ1) is 15.8. The molecule has 0 saturated carbocycles. The molecule has 0 spiro atoms. The summed E-state index contributed by atoms with van der Waals surface area (Å²) < 4.78 is 1.07. The molecule has 2 aromatic rings. The molecule has 0 radical (unpaired) electrons. The fraction of sp³-hybridized carbons (Fsp3) is 0.375. The minimum absolute atomic E-state index is 0.606. The van der Waals surface area contributed by atoms with Crippen molar-refractivity contribution in [1.82, 2.24) is 9.97 Å². The second kappa shape index (κ2) is 7.41. The zero-order valence-electron chi connectivity index (χ0n) is 12.7. The molecule has 2 N–H and O–H groups in total. The lowest BCUT2D eigenvalue weighted by Crippen LogP contribution is -2.07. The van der Waals surface area contributed by atoms with E-state index >= 15 is 0 Å². The number of rotatable bonds is 6. The largest absolute Gasteiger partial charge is 0.370 e. The summed E-state index contributed by atoms with van der Waals surface area (Å²) in [7, 11) is 0. The molecule has 0 fully saturated rings. The molecule has 0 unspecified atom stereocenters. The van der Waals surface area contributed by atoms with Crippen LogP contribution in [0.3, 0.4) is 0 Å². The third-order valence-electron chi connectivity index (χ3n) is 3.12. The zero-order valence-corrected chi connectivity index (χ0v) is 14.2. The maximum absolute atomic E-state index is 4.48. The first-order valence-corrected chi connectivity index (χ1v) is 7.94. The second-order valence-electron chi connectivity index (χ2n) is 5.46. The monoisotopic (exact) mass is 348 g/mol. The smallest absolute Gasteiger partial charge is 0.229 e. The van der Waals surface area contributed by atoms with Gasteiger partial charge in [-0.15, -0.1) is 0 Å². The van der Waals surface area contributed by atoms with Gasteiger partial charge in [0.05, 0.1) is 0 Å². The van der Waals surface area contributed by atoms with E-state index in [0.717, 1.165) is 34.5 Å². The summed E-state index contributed by atoms with van der Waals surface area (Å²) in [5, 5.41) is 6.58. The molecular weight excluding hydrogens is 328 g/mol. The predicted molar refractivity (Wildman–Crippen MR) is 92.1 cm³/mol. The van der Waals surface area contributed by atoms with Crippen LogP contribution in [0, 0.1) is 12.8 Å². The normalized spacial score (nSPS) is 10.7. The highest BCUT2D eigenvalue weighted by Gasteiger charge is 2.03. The average molecular weight is 349 g/mol. The standard InChI is InChI=1S/C16H21BrN4/c1-11(2)6-8-18-15-7-9-19-16(21-15)20-14-5-4-13(17)10-12(14)3/h4-5,7,9-11H,6,8H2,1-3H3,(H2,18,19,20,21). The molecule has 0 bridgehead atoms. The van der Waals surface area contributed by atoms with Crippen LogP contribution in [0.2, 0.25) is 0 Å². The van der Waals surface area contributed by atoms with Gasteiger partial charge in [-0.25, -0.2) is 4.98 Å². The molecule has 112 valence electrons. The van der Waals surface area contributed by atoms with Crippen molar-refractivity contribution in [1.29, 1.82) is 0 Å². The number of hydrogen-bond acceptors (Lipinski definition) is 4. The topological polar surface area (TPSA) is 49.8 Å². The number of benzene rings is 1. The van der Waals surface area contributed by atoms with Gasteiger partial charge in [-0.3, -0.25) is 0 Å². The number of aromatic nitrogens is 2. The van der Waals surface area contributed by atoms with Crippen LogP contribution < -0.4 is 10.6 Å². The van der Waals surface area contributed by atoms with Crippen molar-refractivity contribution in [2.45, 2.75) is 27.2 Å². The van der Waals surface area contributed by atoms with Crippen LogP contribution in [0.4, 0.5) is 17.5 Å². The minimum Gasteiger partial charge on any atom is -0.370 e. The second-order valence-corrected chi connectivity index (χ2v) is 6.37. The van der Waals surface area contributed by atoms with Crippen LogP contribution in [0.1, 0.15) is 25.8 Å². The number of nitrogens with zero attached hydrogens (tertiary/aromatic N) is 2. The molecule has 0 atom stereocenters. The van der Waals surface area contributed by atoms with Crippen LogP contribution in [0.15, 0.2) is 34.9 Å². The molecular formula is C16H21BrN4. The number of aryl methyl sites for hydroxylation is 1. The first-order valence-electron chi connectivity index (χ1n) is 7.14. The van der Waals surface area contributed by atoms with E-state index in [4.69, 9.17) is 0 Å². The molecule has 1 aromatic heterocycles. The highest BCUT2D eigenvalue weighted by Crippen LogP contribution is 2.22. The van der Waals surface area contributed by atoms with E-state index in [0.29, 0.717) is 11.9 Å². The molecule has 0 aliphatic heterocycles. The number of halogens is 1. The van der Waals surface area contributed by atoms with Gasteiger partial charge in [-0.1, -0.05) is 29.8 Å². The van der Waals surface area contributed by atoms with Crippen LogP contribution in [-0.2, 0) is 0 Å². The predicted octanol–water partition coefficient (Wildman–Crippen LogP) is 4.75. The van der Waals surface area contributed by atoms with Gasteiger partial charge in [0.2, 0.25) is 5.95 Å². The maximum Gasteiger partial charge on any atom is 0.229 e. The van der Waals surface area contributed by atoms with Crippen molar-refractivity contribution < 1.29 is 0 Å². The van der Waals surface area contributed by atoms with Gasteiger partial charge in [0.15, 0.2) is 0 Å². The van der Waals surface area contributed by atoms with Crippen molar-refractivity contribution >= 4 is 33.4 Å². The lowest BCUT2D eigenvalue weighted by Gasteiger charge is -2.11. The van der Waals surface area contributed by atoms with Gasteiger partial charge < -0.3 is 10.6 Å². The zero-order chi connectivity index (χ0) is 15.2. The molecule has 1 aromatic carbocycles. The van der Waals surface area contributed by atoms with E-state index in [1.165, 1.54) is 0 Å². The SMILES string of the molecule is Cc1cc(Br)ccc1Nc1nccc(NCCC(C)C)n1. The number of nitrogens with one attached hydrogen (secondary N) is 2. The third-order valence-corrected chi connectivity index (χ3v) is 3.61. The highest BCUT2D eigenvalue weighted by atomic mass is 79.9. The number of anilines is 3. The minimum atomic E-state index is 0.606. The van der Waals surface area contributed by atoms with Crippen molar-refractivity contribution in [3.63, 3.8) is 0 Å². The van der Waals surface area contributed by atoms with Gasteiger partial charge in [-0.05, 0) is 49.1 Å². The highest BCUT2D eigenvalue weighted by molar-refractivity contribution is 9.10. The molecule has 4 nitrogen and oxygen atoms in total. The van der Waals surface area contributed by atoms with E-state index in [2.05, 4.69) is 63.4 Å². The average Bonchev–Trinajstić information content (AvgIpc) is 2.42. The van der Waals surface area contributed by atoms with E-state index in [-0.39, 0.29) is 0 Å². The summed E-state index contributed by atoms with van der Waals surface area (Å²) in [6, 6.07) is 7.97. The Bertz CT molecular complexity index is 599. The Kier molecular flexibility index (Phi) is 5.56. The van der Waals surface area contributed by atoms with Crippen molar-refractivity contribution in [2.24, 2.45) is 5.92 Å². The third kappa shape index (κ3) is 5.01. The Labute approximate surface area is 134 Å². The summed E-state index contributed by atoms with van der Waals surface area (Å²) in [5.74, 6) is 2.14. The van der Waals surface area contributed by atoms with Gasteiger partial charge in [-0.2, -0.15) is 4.98 Å². The first-order chi connectivity index (χ1) is 10.0. The molecule has 0 amide bonds. The van der Waals surface area contributed by atoms with E-state index < -0.39 is 0 Å². The summed E-state index contributed by atoms with van der Waals surface area (Å²) in [6.45, 7) is 7.40. The fourth-order valence-electron chi connectivity index (χ4n) is 1.89. The summed E-state index contributed by atoms with van der Waals surface area (Å²) >= 11 is 3.46. The van der Waals surface area contributed by atoms with Gasteiger partial charge in [0.25, 0.3) is 0 Å². The molecule has 21 heavy (non-hydrogen) atoms. The quantitative estimate of drug-likeness (QED) is 0.790. The van der Waals surface area contributed by atoms with Crippen LogP contribution >= 0.6 is 15.9 Å². The van der Waals surface area contributed by atoms with Crippen molar-refractivity contribution in [3.8, 4) is 0 Å². The molecule has 0 aliphatic rings. The maximum atomic E-state index is 4.48. The summed E-state index contributed by atoms with van der Waals surface area (Å²) in [6.07, 6.45) is 2.89. The fourth-order valence-corrected chi connectivity index (χ4v) is 2.37.